The summed E-state index contributed by atoms with van der Waals surface area (Å²) in [6, 6.07) is 16.8. The molecule has 1 aromatic heterocycles. The second-order valence-electron chi connectivity index (χ2n) is 6.81. The molecule has 0 saturated carbocycles. The Labute approximate surface area is 170 Å². The smallest absolute Gasteiger partial charge is 0.251 e. The number of hydrogen-bond acceptors (Lipinski definition) is 3. The average Bonchev–Trinajstić information content (AvgIpc) is 3.16. The lowest BCUT2D eigenvalue weighted by Gasteiger charge is -2.16. The zero-order valence-corrected chi connectivity index (χ0v) is 16.1. The number of nitriles is 1. The lowest BCUT2D eigenvalue weighted by Crippen LogP contribution is -2.39. The number of rotatable bonds is 7. The van der Waals surface area contributed by atoms with Gasteiger partial charge in [0.2, 0.25) is 0 Å². The van der Waals surface area contributed by atoms with Gasteiger partial charge in [-0.3, -0.25) is 4.79 Å². The van der Waals surface area contributed by atoms with Gasteiger partial charge in [-0.1, -0.05) is 36.1 Å². The molecule has 1 unspecified atom stereocenters. The first kappa shape index (κ1) is 20.2. The van der Waals surface area contributed by atoms with Crippen molar-refractivity contribution < 1.29 is 9.90 Å². The summed E-state index contributed by atoms with van der Waals surface area (Å²) in [6.07, 6.45) is 4.35. The third-order valence-corrected chi connectivity index (χ3v) is 4.64. The number of aliphatic hydroxyl groups excluding tert-OH is 1. The summed E-state index contributed by atoms with van der Waals surface area (Å²) < 4.78 is 0. The highest BCUT2D eigenvalue weighted by atomic mass is 16.3. The van der Waals surface area contributed by atoms with Crippen molar-refractivity contribution in [1.82, 2.24) is 10.3 Å². The highest BCUT2D eigenvalue weighted by Gasteiger charge is 2.15. The van der Waals surface area contributed by atoms with Gasteiger partial charge in [-0.25, -0.2) is 0 Å². The van der Waals surface area contributed by atoms with E-state index >= 15 is 0 Å². The Balaban J connectivity index is 1.65. The van der Waals surface area contributed by atoms with E-state index in [0.717, 1.165) is 28.5 Å². The standard InChI is InChI=1S/C24H23N3O2/c25-13-6-2-1-3-8-18-9-7-10-19(14-18)24(29)27-21(17-28)15-20-16-26-23-12-5-4-11-22(20)23/h4-5,7,9-12,14,16,21,26,28H,1-2,6,15,17H2,(H,27,29). The number of aromatic amines is 1. The Bertz CT molecular complexity index is 1080. The van der Waals surface area contributed by atoms with E-state index in [1.165, 1.54) is 0 Å². The van der Waals surface area contributed by atoms with Crippen molar-refractivity contribution in [1.29, 1.82) is 5.26 Å². The molecule has 1 heterocycles. The van der Waals surface area contributed by atoms with Crippen LogP contribution in [0.5, 0.6) is 0 Å². The van der Waals surface area contributed by atoms with Crippen molar-refractivity contribution in [3.8, 4) is 17.9 Å². The van der Waals surface area contributed by atoms with Gasteiger partial charge in [-0.15, -0.1) is 0 Å². The maximum atomic E-state index is 12.7. The van der Waals surface area contributed by atoms with E-state index in [9.17, 15) is 9.90 Å². The van der Waals surface area contributed by atoms with Gasteiger partial charge < -0.3 is 15.4 Å². The van der Waals surface area contributed by atoms with Crippen LogP contribution in [-0.4, -0.2) is 28.6 Å². The molecule has 1 amide bonds. The van der Waals surface area contributed by atoms with Crippen LogP contribution in [0.4, 0.5) is 0 Å². The zero-order chi connectivity index (χ0) is 20.5. The number of aromatic nitrogens is 1. The van der Waals surface area contributed by atoms with Gasteiger partial charge in [0.05, 0.1) is 18.7 Å². The Morgan fingerprint density at radius 1 is 1.17 bits per heavy atom. The van der Waals surface area contributed by atoms with Crippen molar-refractivity contribution in [2.75, 3.05) is 6.61 Å². The van der Waals surface area contributed by atoms with Crippen LogP contribution in [0.1, 0.15) is 40.7 Å². The molecule has 1 atom stereocenters. The molecule has 0 radical (unpaired) electrons. The summed E-state index contributed by atoms with van der Waals surface area (Å²) in [5.41, 5.74) is 3.35. The number of para-hydroxylation sites is 1. The number of carbonyl (C=O) groups is 1. The number of carbonyl (C=O) groups excluding carboxylic acids is 1. The molecular weight excluding hydrogens is 362 g/mol. The fraction of sp³-hybridized carbons (Fsp3) is 0.250. The normalized spacial score (nSPS) is 11.3. The van der Waals surface area contributed by atoms with E-state index in [1.807, 2.05) is 36.5 Å². The SMILES string of the molecule is N#CCCCC#Cc1cccc(C(=O)NC(CO)Cc2c[nH]c3ccccc23)c1. The van der Waals surface area contributed by atoms with Crippen LogP contribution in [0.2, 0.25) is 0 Å². The van der Waals surface area contributed by atoms with Gasteiger partial charge in [0.25, 0.3) is 5.91 Å². The molecule has 29 heavy (non-hydrogen) atoms. The number of unbranched alkanes of at least 4 members (excludes halogenated alkanes) is 2. The fourth-order valence-electron chi connectivity index (χ4n) is 3.15. The molecule has 2 aromatic carbocycles. The van der Waals surface area contributed by atoms with Crippen molar-refractivity contribution in [3.63, 3.8) is 0 Å². The summed E-state index contributed by atoms with van der Waals surface area (Å²) in [7, 11) is 0. The highest BCUT2D eigenvalue weighted by molar-refractivity contribution is 5.94. The third kappa shape index (κ3) is 5.48. The van der Waals surface area contributed by atoms with Crippen LogP contribution in [0.15, 0.2) is 54.7 Å². The van der Waals surface area contributed by atoms with Crippen LogP contribution in [-0.2, 0) is 6.42 Å². The molecule has 0 aliphatic rings. The Morgan fingerprint density at radius 2 is 2.03 bits per heavy atom. The van der Waals surface area contributed by atoms with Crippen molar-refractivity contribution in [2.45, 2.75) is 31.7 Å². The van der Waals surface area contributed by atoms with Crippen LogP contribution in [0.3, 0.4) is 0 Å². The van der Waals surface area contributed by atoms with Crippen molar-refractivity contribution in [3.05, 3.63) is 71.4 Å². The first-order valence-corrected chi connectivity index (χ1v) is 9.64. The van der Waals surface area contributed by atoms with E-state index in [1.54, 1.807) is 18.2 Å². The molecule has 0 aliphatic carbocycles. The van der Waals surface area contributed by atoms with Crippen molar-refractivity contribution in [2.24, 2.45) is 0 Å². The summed E-state index contributed by atoms with van der Waals surface area (Å²) in [4.78, 5) is 15.9. The zero-order valence-electron chi connectivity index (χ0n) is 16.1. The summed E-state index contributed by atoms with van der Waals surface area (Å²) in [5.74, 6) is 5.82. The number of aliphatic hydroxyl groups is 1. The topological polar surface area (TPSA) is 88.9 Å². The monoisotopic (exact) mass is 385 g/mol. The molecule has 146 valence electrons. The highest BCUT2D eigenvalue weighted by Crippen LogP contribution is 2.19. The first-order valence-electron chi connectivity index (χ1n) is 9.64. The number of nitrogens with zero attached hydrogens (tertiary/aromatic N) is 1. The molecule has 0 spiro atoms. The first-order chi connectivity index (χ1) is 14.2. The van der Waals surface area contributed by atoms with Gasteiger partial charge >= 0.3 is 0 Å². The number of nitrogens with one attached hydrogen (secondary N) is 2. The minimum absolute atomic E-state index is 0.149. The number of amides is 1. The third-order valence-electron chi connectivity index (χ3n) is 4.64. The minimum atomic E-state index is -0.387. The predicted octanol–water partition coefficient (Wildman–Crippen LogP) is 3.55. The number of hydrogen-bond donors (Lipinski definition) is 3. The number of H-pyrrole nitrogens is 1. The van der Waals surface area contributed by atoms with E-state index in [4.69, 9.17) is 5.26 Å². The molecule has 3 aromatic rings. The molecule has 3 rings (SSSR count). The number of fused-ring (bicyclic) bond motifs is 1. The quantitative estimate of drug-likeness (QED) is 0.429. The molecular formula is C24H23N3O2. The maximum Gasteiger partial charge on any atom is 0.251 e. The lowest BCUT2D eigenvalue weighted by molar-refractivity contribution is 0.0916. The van der Waals surface area contributed by atoms with Gasteiger partial charge in [0.15, 0.2) is 0 Å². The van der Waals surface area contributed by atoms with Gasteiger partial charge in [-0.05, 0) is 42.7 Å². The molecule has 0 bridgehead atoms. The van der Waals surface area contributed by atoms with Crippen LogP contribution in [0.25, 0.3) is 10.9 Å². The summed E-state index contributed by atoms with van der Waals surface area (Å²) >= 11 is 0. The summed E-state index contributed by atoms with van der Waals surface area (Å²) in [6.45, 7) is -0.149. The average molecular weight is 385 g/mol. The van der Waals surface area contributed by atoms with E-state index in [2.05, 4.69) is 28.2 Å². The Hall–Kier alpha value is -3.54. The fourth-order valence-corrected chi connectivity index (χ4v) is 3.15. The van der Waals surface area contributed by atoms with Crippen LogP contribution < -0.4 is 5.32 Å². The van der Waals surface area contributed by atoms with E-state index < -0.39 is 0 Å². The molecule has 5 heteroatoms. The molecule has 0 aliphatic heterocycles. The second-order valence-corrected chi connectivity index (χ2v) is 6.81. The molecule has 5 nitrogen and oxygen atoms in total. The molecule has 0 fully saturated rings. The Morgan fingerprint density at radius 3 is 2.86 bits per heavy atom. The van der Waals surface area contributed by atoms with Gasteiger partial charge in [-0.2, -0.15) is 5.26 Å². The second kappa shape index (κ2) is 10.1. The Kier molecular flexibility index (Phi) is 7.05. The molecule has 3 N–H and O–H groups in total. The molecule has 0 saturated heterocycles. The minimum Gasteiger partial charge on any atom is -0.394 e. The summed E-state index contributed by atoms with van der Waals surface area (Å²) in [5, 5.41) is 22.3. The van der Waals surface area contributed by atoms with E-state index in [-0.39, 0.29) is 18.6 Å². The van der Waals surface area contributed by atoms with Crippen LogP contribution >= 0.6 is 0 Å². The number of benzene rings is 2. The lowest BCUT2D eigenvalue weighted by atomic mass is 10.0. The van der Waals surface area contributed by atoms with E-state index in [0.29, 0.717) is 24.8 Å². The van der Waals surface area contributed by atoms with Gasteiger partial charge in [0, 0.05) is 41.1 Å². The largest absolute Gasteiger partial charge is 0.394 e. The van der Waals surface area contributed by atoms with Crippen molar-refractivity contribution >= 4 is 16.8 Å². The van der Waals surface area contributed by atoms with Crippen LogP contribution in [0, 0.1) is 23.2 Å². The predicted molar refractivity (Wildman–Crippen MR) is 113 cm³/mol. The maximum absolute atomic E-state index is 12.7. The van der Waals surface area contributed by atoms with Gasteiger partial charge in [0.1, 0.15) is 0 Å².